The molecule has 2 rings (SSSR count). The minimum Gasteiger partial charge on any atom is -0.445 e. The van der Waals surface area contributed by atoms with Crippen LogP contribution in [0.2, 0.25) is 0 Å². The second-order valence-electron chi connectivity index (χ2n) is 13.6. The standard InChI is InChI=1S/C40H58N8O12/c1-5-6-19-44-35(51)28-11-15-30(16-12-28)60-40(56)58-24-23-57-22-21-43-32(49)17-18-33(50)48-34(26(2)3)37(53)47-31(8-7-20-45-38(41)54)36(52)46-29-13-9-27(10-14-29)25-59-39(55)42-4/h9-16,26,31,34H,5-8,17-25H2,1-4H3,(H,42,55)(H,43,49)(H,44,51)(H,46,52)(H,47,53)(H,48,50)(H3,41,45,54)/t31-,34?/m0/s1. The Morgan fingerprint density at radius 1 is 0.717 bits per heavy atom. The SMILES string of the molecule is CCCCNC(=O)c1ccc(OC(=O)OCCOCCNC(=O)CCC(=O)NC(C(=O)N[C@@H](CCCNC(N)=O)C(=O)Nc2ccc(COC(=O)NC)cc2)C(C)C)cc1. The average molecular weight is 843 g/mol. The predicted octanol–water partition coefficient (Wildman–Crippen LogP) is 2.21. The van der Waals surface area contributed by atoms with Gasteiger partial charge in [0, 0.05) is 50.8 Å². The first kappa shape index (κ1) is 49.7. The third-order valence-corrected chi connectivity index (χ3v) is 8.39. The van der Waals surface area contributed by atoms with Crippen LogP contribution < -0.4 is 47.7 Å². The topological polar surface area (TPSA) is 284 Å². The molecule has 1 unspecified atom stereocenters. The van der Waals surface area contributed by atoms with Gasteiger partial charge in [0.2, 0.25) is 23.6 Å². The van der Waals surface area contributed by atoms with Gasteiger partial charge >= 0.3 is 18.3 Å². The summed E-state index contributed by atoms with van der Waals surface area (Å²) in [6.07, 6.45) is 0.309. The lowest BCUT2D eigenvalue weighted by Crippen LogP contribution is -2.54. The zero-order valence-electron chi connectivity index (χ0n) is 34.5. The van der Waals surface area contributed by atoms with E-state index in [9.17, 15) is 38.4 Å². The van der Waals surface area contributed by atoms with E-state index in [1.807, 2.05) is 6.92 Å². The number of ether oxygens (including phenoxy) is 4. The second kappa shape index (κ2) is 28.1. The largest absolute Gasteiger partial charge is 0.513 e. The number of nitrogens with two attached hydrogens (primary N) is 1. The van der Waals surface area contributed by atoms with E-state index in [1.165, 1.54) is 31.3 Å². The van der Waals surface area contributed by atoms with Crippen LogP contribution >= 0.6 is 0 Å². The van der Waals surface area contributed by atoms with Crippen LogP contribution in [0.3, 0.4) is 0 Å². The highest BCUT2D eigenvalue weighted by molar-refractivity contribution is 5.98. The maximum atomic E-state index is 13.4. The number of nitrogens with one attached hydrogen (secondary N) is 7. The normalized spacial score (nSPS) is 11.6. The van der Waals surface area contributed by atoms with Gasteiger partial charge in [0.15, 0.2) is 0 Å². The Morgan fingerprint density at radius 2 is 1.40 bits per heavy atom. The van der Waals surface area contributed by atoms with Crippen molar-refractivity contribution in [3.63, 3.8) is 0 Å². The van der Waals surface area contributed by atoms with Crippen LogP contribution in [0.5, 0.6) is 5.75 Å². The zero-order chi connectivity index (χ0) is 44.3. The van der Waals surface area contributed by atoms with Crippen LogP contribution in [0.15, 0.2) is 48.5 Å². The van der Waals surface area contributed by atoms with Crippen molar-refractivity contribution in [2.75, 3.05) is 51.8 Å². The van der Waals surface area contributed by atoms with Gasteiger partial charge in [0.1, 0.15) is 31.0 Å². The number of primary amides is 1. The fourth-order valence-corrected chi connectivity index (χ4v) is 5.11. The first-order valence-electron chi connectivity index (χ1n) is 19.7. The summed E-state index contributed by atoms with van der Waals surface area (Å²) in [4.78, 5) is 98.4. The number of carbonyl (C=O) groups excluding carboxylic acids is 8. The summed E-state index contributed by atoms with van der Waals surface area (Å²) >= 11 is 0. The van der Waals surface area contributed by atoms with Crippen molar-refractivity contribution in [3.05, 3.63) is 59.7 Å². The van der Waals surface area contributed by atoms with Gasteiger partial charge in [0.25, 0.3) is 5.91 Å². The Bertz CT molecular complexity index is 1710. The first-order chi connectivity index (χ1) is 28.7. The van der Waals surface area contributed by atoms with E-state index in [0.717, 1.165) is 12.8 Å². The molecular weight excluding hydrogens is 784 g/mol. The summed E-state index contributed by atoms with van der Waals surface area (Å²) in [5.74, 6) is -2.58. The van der Waals surface area contributed by atoms with Gasteiger partial charge in [-0.3, -0.25) is 24.0 Å². The van der Waals surface area contributed by atoms with Crippen molar-refractivity contribution in [2.24, 2.45) is 11.7 Å². The highest BCUT2D eigenvalue weighted by atomic mass is 16.7. The summed E-state index contributed by atoms with van der Waals surface area (Å²) in [5.41, 5.74) is 6.66. The van der Waals surface area contributed by atoms with E-state index in [0.29, 0.717) is 23.4 Å². The van der Waals surface area contributed by atoms with E-state index >= 15 is 0 Å². The van der Waals surface area contributed by atoms with Crippen LogP contribution in [0.25, 0.3) is 0 Å². The zero-order valence-corrected chi connectivity index (χ0v) is 34.5. The molecule has 0 spiro atoms. The molecule has 2 aromatic rings. The number of rotatable bonds is 26. The van der Waals surface area contributed by atoms with E-state index in [1.54, 1.807) is 38.1 Å². The summed E-state index contributed by atoms with van der Waals surface area (Å²) in [6, 6.07) is 9.72. The number of anilines is 1. The van der Waals surface area contributed by atoms with Gasteiger partial charge in [0.05, 0.1) is 13.2 Å². The van der Waals surface area contributed by atoms with Crippen LogP contribution in [-0.2, 0) is 40.0 Å². The Kier molecular flexibility index (Phi) is 23.2. The fourth-order valence-electron chi connectivity index (χ4n) is 5.11. The van der Waals surface area contributed by atoms with Crippen LogP contribution in [0, 0.1) is 5.92 Å². The molecule has 0 aliphatic heterocycles. The number of benzene rings is 2. The molecule has 330 valence electrons. The van der Waals surface area contributed by atoms with Crippen LogP contribution in [0.4, 0.5) is 20.1 Å². The molecule has 0 heterocycles. The molecule has 9 N–H and O–H groups in total. The third kappa shape index (κ3) is 20.8. The lowest BCUT2D eigenvalue weighted by atomic mass is 10.0. The number of amides is 8. The molecule has 0 bridgehead atoms. The second-order valence-corrected chi connectivity index (χ2v) is 13.6. The maximum absolute atomic E-state index is 13.4. The Labute approximate surface area is 349 Å². The molecule has 2 atom stereocenters. The minimum absolute atomic E-state index is 0.0165. The molecule has 20 nitrogen and oxygen atoms in total. The van der Waals surface area contributed by atoms with Gasteiger partial charge in [-0.2, -0.15) is 0 Å². The van der Waals surface area contributed by atoms with Gasteiger partial charge in [-0.15, -0.1) is 0 Å². The summed E-state index contributed by atoms with van der Waals surface area (Å²) in [5, 5.41) is 18.3. The van der Waals surface area contributed by atoms with Crippen molar-refractivity contribution in [1.29, 1.82) is 0 Å². The van der Waals surface area contributed by atoms with Crippen molar-refractivity contribution in [1.82, 2.24) is 31.9 Å². The molecule has 60 heavy (non-hydrogen) atoms. The smallest absolute Gasteiger partial charge is 0.445 e. The number of alkyl carbamates (subject to hydrolysis) is 1. The third-order valence-electron chi connectivity index (χ3n) is 8.39. The van der Waals surface area contributed by atoms with Crippen molar-refractivity contribution in [3.8, 4) is 5.75 Å². The van der Waals surface area contributed by atoms with Gasteiger partial charge in [-0.25, -0.2) is 14.4 Å². The van der Waals surface area contributed by atoms with Crippen LogP contribution in [0.1, 0.15) is 75.2 Å². The monoisotopic (exact) mass is 842 g/mol. The molecule has 20 heteroatoms. The number of urea groups is 1. The molecule has 0 aromatic heterocycles. The Balaban J connectivity index is 1.75. The highest BCUT2D eigenvalue weighted by Gasteiger charge is 2.29. The number of hydrogen-bond acceptors (Lipinski definition) is 12. The lowest BCUT2D eigenvalue weighted by Gasteiger charge is -2.25. The molecule has 0 saturated heterocycles. The Hall–Kier alpha value is -6.44. The molecule has 0 radical (unpaired) electrons. The molecule has 0 fully saturated rings. The van der Waals surface area contributed by atoms with Crippen molar-refractivity contribution >= 4 is 53.5 Å². The van der Waals surface area contributed by atoms with Gasteiger partial charge in [-0.1, -0.05) is 39.3 Å². The van der Waals surface area contributed by atoms with Crippen molar-refractivity contribution < 1.29 is 57.3 Å². The number of carbonyl (C=O) groups is 8. The van der Waals surface area contributed by atoms with E-state index in [2.05, 4.69) is 37.2 Å². The number of hydrogen-bond donors (Lipinski definition) is 8. The van der Waals surface area contributed by atoms with Gasteiger partial charge < -0.3 is 61.9 Å². The molecule has 2 aromatic carbocycles. The quantitative estimate of drug-likeness (QED) is 0.0385. The lowest BCUT2D eigenvalue weighted by molar-refractivity contribution is -0.132. The van der Waals surface area contributed by atoms with E-state index < -0.39 is 59.9 Å². The average Bonchev–Trinajstić information content (AvgIpc) is 3.22. The number of unbranched alkanes of at least 4 members (excludes halogenated alkanes) is 1. The fraction of sp³-hybridized carbons (Fsp3) is 0.500. The molecule has 0 aliphatic rings. The molecule has 0 aliphatic carbocycles. The summed E-state index contributed by atoms with van der Waals surface area (Å²) < 4.78 is 20.4. The predicted molar refractivity (Wildman–Crippen MR) is 219 cm³/mol. The summed E-state index contributed by atoms with van der Waals surface area (Å²) in [7, 11) is 1.44. The molecular formula is C40H58N8O12. The Morgan fingerprint density at radius 3 is 2.05 bits per heavy atom. The van der Waals surface area contributed by atoms with E-state index in [-0.39, 0.29) is 76.9 Å². The maximum Gasteiger partial charge on any atom is 0.513 e. The van der Waals surface area contributed by atoms with Gasteiger partial charge in [-0.05, 0) is 67.1 Å². The van der Waals surface area contributed by atoms with E-state index in [4.69, 9.17) is 24.7 Å². The molecule has 8 amide bonds. The highest BCUT2D eigenvalue weighted by Crippen LogP contribution is 2.14. The van der Waals surface area contributed by atoms with Crippen LogP contribution in [-0.4, -0.2) is 106 Å². The molecule has 0 saturated carbocycles. The minimum atomic E-state index is -1.06. The summed E-state index contributed by atoms with van der Waals surface area (Å²) in [6.45, 7) is 6.33. The van der Waals surface area contributed by atoms with Crippen molar-refractivity contribution in [2.45, 2.75) is 78.0 Å². The first-order valence-corrected chi connectivity index (χ1v) is 19.7.